The van der Waals surface area contributed by atoms with Gasteiger partial charge < -0.3 is 14.8 Å². The second-order valence-electron chi connectivity index (χ2n) is 6.74. The van der Waals surface area contributed by atoms with Crippen LogP contribution in [0.1, 0.15) is 30.9 Å². The third-order valence-electron chi connectivity index (χ3n) is 5.25. The van der Waals surface area contributed by atoms with Gasteiger partial charge in [0, 0.05) is 26.0 Å². The normalized spacial score (nSPS) is 22.6. The molecule has 2 saturated heterocycles. The van der Waals surface area contributed by atoms with Gasteiger partial charge in [-0.2, -0.15) is 5.10 Å². The van der Waals surface area contributed by atoms with E-state index in [-0.39, 0.29) is 11.9 Å². The lowest BCUT2D eigenvalue weighted by Gasteiger charge is -2.36. The molecule has 2 fully saturated rings. The van der Waals surface area contributed by atoms with Gasteiger partial charge >= 0.3 is 0 Å². The van der Waals surface area contributed by atoms with E-state index in [2.05, 4.69) is 10.4 Å². The molecule has 1 aromatic carbocycles. The van der Waals surface area contributed by atoms with E-state index in [1.807, 2.05) is 41.2 Å². The molecule has 0 spiro atoms. The van der Waals surface area contributed by atoms with E-state index in [4.69, 9.17) is 9.47 Å². The van der Waals surface area contributed by atoms with Gasteiger partial charge in [-0.25, -0.2) is 0 Å². The van der Waals surface area contributed by atoms with Gasteiger partial charge in [-0.3, -0.25) is 9.48 Å². The van der Waals surface area contributed by atoms with Gasteiger partial charge in [0.2, 0.25) is 5.91 Å². The predicted molar refractivity (Wildman–Crippen MR) is 93.5 cm³/mol. The number of benzene rings is 1. The zero-order valence-corrected chi connectivity index (χ0v) is 14.2. The zero-order chi connectivity index (χ0) is 17.1. The Hall–Kier alpha value is -2.18. The summed E-state index contributed by atoms with van der Waals surface area (Å²) in [6, 6.07) is 10.3. The third-order valence-corrected chi connectivity index (χ3v) is 5.25. The van der Waals surface area contributed by atoms with Gasteiger partial charge in [0.05, 0.1) is 29.9 Å². The van der Waals surface area contributed by atoms with Crippen LogP contribution in [0.5, 0.6) is 0 Å². The number of nitrogens with zero attached hydrogens (tertiary/aromatic N) is 2. The van der Waals surface area contributed by atoms with Crippen LogP contribution in [-0.4, -0.2) is 42.1 Å². The van der Waals surface area contributed by atoms with Crippen LogP contribution in [0.15, 0.2) is 42.7 Å². The van der Waals surface area contributed by atoms with Crippen molar-refractivity contribution in [3.05, 3.63) is 48.3 Å². The maximum Gasteiger partial charge on any atom is 0.235 e. The molecule has 0 bridgehead atoms. The molecule has 2 aliphatic heterocycles. The van der Waals surface area contributed by atoms with E-state index < -0.39 is 5.41 Å². The summed E-state index contributed by atoms with van der Waals surface area (Å²) in [5.74, 6) is 0.0178. The Morgan fingerprint density at radius 1 is 1.16 bits per heavy atom. The lowest BCUT2D eigenvalue weighted by Crippen LogP contribution is -2.44. The van der Waals surface area contributed by atoms with Crippen LogP contribution in [0.4, 0.5) is 5.69 Å². The summed E-state index contributed by atoms with van der Waals surface area (Å²) in [6.45, 7) is 2.64. The van der Waals surface area contributed by atoms with E-state index in [0.717, 1.165) is 24.3 Å². The van der Waals surface area contributed by atoms with Crippen molar-refractivity contribution in [2.24, 2.45) is 0 Å². The number of ether oxygens (including phenoxy) is 2. The van der Waals surface area contributed by atoms with Crippen molar-refractivity contribution in [3.63, 3.8) is 0 Å². The van der Waals surface area contributed by atoms with Crippen LogP contribution < -0.4 is 5.32 Å². The minimum absolute atomic E-state index is 0.0178. The molecule has 3 heterocycles. The lowest BCUT2D eigenvalue weighted by molar-refractivity contribution is -0.125. The van der Waals surface area contributed by atoms with Crippen molar-refractivity contribution >= 4 is 11.6 Å². The minimum Gasteiger partial charge on any atom is -0.381 e. The monoisotopic (exact) mass is 341 g/mol. The average Bonchev–Trinajstić information content (AvgIpc) is 3.34. The summed E-state index contributed by atoms with van der Waals surface area (Å²) in [6.07, 6.45) is 5.95. The van der Waals surface area contributed by atoms with Crippen LogP contribution in [-0.2, 0) is 19.7 Å². The van der Waals surface area contributed by atoms with Crippen LogP contribution in [0.3, 0.4) is 0 Å². The Morgan fingerprint density at radius 3 is 2.68 bits per heavy atom. The third kappa shape index (κ3) is 3.19. The number of nitrogens with one attached hydrogen (secondary N) is 1. The number of hydrogen-bond acceptors (Lipinski definition) is 4. The molecule has 0 saturated carbocycles. The number of carbonyl (C=O) groups excluding carboxylic acids is 1. The van der Waals surface area contributed by atoms with Crippen LogP contribution >= 0.6 is 0 Å². The molecule has 1 N–H and O–H groups in total. The van der Waals surface area contributed by atoms with Gasteiger partial charge in [0.15, 0.2) is 0 Å². The van der Waals surface area contributed by atoms with Gasteiger partial charge in [-0.1, -0.05) is 30.3 Å². The van der Waals surface area contributed by atoms with Gasteiger partial charge in [0.1, 0.15) is 0 Å². The highest BCUT2D eigenvalue weighted by molar-refractivity contribution is 5.99. The number of hydrogen-bond donors (Lipinski definition) is 1. The highest BCUT2D eigenvalue weighted by Crippen LogP contribution is 2.36. The van der Waals surface area contributed by atoms with Gasteiger partial charge in [-0.05, 0) is 24.8 Å². The van der Waals surface area contributed by atoms with Crippen molar-refractivity contribution in [1.82, 2.24) is 9.78 Å². The molecule has 6 heteroatoms. The first-order valence-electron chi connectivity index (χ1n) is 8.85. The number of carbonyl (C=O) groups is 1. The molecule has 25 heavy (non-hydrogen) atoms. The molecular weight excluding hydrogens is 318 g/mol. The van der Waals surface area contributed by atoms with E-state index in [0.29, 0.717) is 32.7 Å². The lowest BCUT2D eigenvalue weighted by atomic mass is 9.73. The first-order valence-corrected chi connectivity index (χ1v) is 8.85. The van der Waals surface area contributed by atoms with Crippen molar-refractivity contribution < 1.29 is 14.3 Å². The fraction of sp³-hybridized carbons (Fsp3) is 0.474. The SMILES string of the molecule is O=C(Nc1cnn([C@H]2CCOC2)c1)C1(c2ccccc2)CCOCC1. The van der Waals surface area contributed by atoms with Crippen LogP contribution in [0, 0.1) is 0 Å². The summed E-state index contributed by atoms with van der Waals surface area (Å²) in [5, 5.41) is 7.47. The maximum atomic E-state index is 13.2. The molecule has 1 amide bonds. The predicted octanol–water partition coefficient (Wildman–Crippen LogP) is 2.53. The van der Waals surface area contributed by atoms with Crippen molar-refractivity contribution in [1.29, 1.82) is 0 Å². The van der Waals surface area contributed by atoms with Crippen molar-refractivity contribution in [3.8, 4) is 0 Å². The highest BCUT2D eigenvalue weighted by Gasteiger charge is 2.41. The number of aromatic nitrogens is 2. The van der Waals surface area contributed by atoms with Crippen LogP contribution in [0.25, 0.3) is 0 Å². The Kier molecular flexibility index (Phi) is 4.55. The highest BCUT2D eigenvalue weighted by atomic mass is 16.5. The molecule has 2 aromatic rings. The second kappa shape index (κ2) is 6.98. The number of rotatable bonds is 4. The van der Waals surface area contributed by atoms with Crippen molar-refractivity contribution in [2.45, 2.75) is 30.7 Å². The zero-order valence-electron chi connectivity index (χ0n) is 14.2. The molecular formula is C19H23N3O3. The first-order chi connectivity index (χ1) is 12.3. The number of anilines is 1. The standard InChI is InChI=1S/C19H23N3O3/c23-18(21-16-12-20-22(13-16)17-6-9-25-14-17)19(7-10-24-11-8-19)15-4-2-1-3-5-15/h1-5,12-13,17H,6-11,14H2,(H,21,23)/t17-/m0/s1. The summed E-state index contributed by atoms with van der Waals surface area (Å²) < 4.78 is 12.8. The number of amides is 1. The fourth-order valence-electron chi connectivity index (χ4n) is 3.71. The Bertz CT molecular complexity index is 717. The minimum atomic E-state index is -0.544. The van der Waals surface area contributed by atoms with E-state index in [1.165, 1.54) is 0 Å². The molecule has 1 aromatic heterocycles. The summed E-state index contributed by atoms with van der Waals surface area (Å²) in [7, 11) is 0. The van der Waals surface area contributed by atoms with Gasteiger partial charge in [-0.15, -0.1) is 0 Å². The Labute approximate surface area is 147 Å². The topological polar surface area (TPSA) is 65.4 Å². The average molecular weight is 341 g/mol. The molecule has 0 aliphatic carbocycles. The smallest absolute Gasteiger partial charge is 0.235 e. The molecule has 6 nitrogen and oxygen atoms in total. The Balaban J connectivity index is 1.55. The molecule has 4 rings (SSSR count). The quantitative estimate of drug-likeness (QED) is 0.928. The van der Waals surface area contributed by atoms with E-state index in [9.17, 15) is 4.79 Å². The van der Waals surface area contributed by atoms with Crippen molar-refractivity contribution in [2.75, 3.05) is 31.7 Å². The van der Waals surface area contributed by atoms with Gasteiger partial charge in [0.25, 0.3) is 0 Å². The fourth-order valence-corrected chi connectivity index (χ4v) is 3.71. The molecule has 0 radical (unpaired) electrons. The molecule has 0 unspecified atom stereocenters. The summed E-state index contributed by atoms with van der Waals surface area (Å²) >= 11 is 0. The second-order valence-corrected chi connectivity index (χ2v) is 6.74. The van der Waals surface area contributed by atoms with E-state index in [1.54, 1.807) is 6.20 Å². The van der Waals surface area contributed by atoms with E-state index >= 15 is 0 Å². The first kappa shape index (κ1) is 16.3. The molecule has 1 atom stereocenters. The summed E-state index contributed by atoms with van der Waals surface area (Å²) in [4.78, 5) is 13.2. The maximum absolute atomic E-state index is 13.2. The molecule has 132 valence electrons. The van der Waals surface area contributed by atoms with Crippen LogP contribution in [0.2, 0.25) is 0 Å². The molecule has 2 aliphatic rings. The summed E-state index contributed by atoms with van der Waals surface area (Å²) in [5.41, 5.74) is 1.24. The Morgan fingerprint density at radius 2 is 1.96 bits per heavy atom. The largest absolute Gasteiger partial charge is 0.381 e.